The largest absolute Gasteiger partial charge is 0.476 e. The van der Waals surface area contributed by atoms with E-state index in [4.69, 9.17) is 362 Å². The maximum atomic E-state index is 10.6. The van der Waals surface area contributed by atoms with Crippen LogP contribution < -0.4 is 0 Å². The van der Waals surface area contributed by atoms with E-state index < -0.39 is 5.97 Å². The molecule has 0 saturated carbocycles. The van der Waals surface area contributed by atoms with Crippen LogP contribution in [0.4, 0.5) is 361 Å². The van der Waals surface area contributed by atoms with Crippen molar-refractivity contribution in [1.82, 2.24) is 9.88 Å². The molecule has 0 unspecified atom stereocenters. The third-order valence-electron chi connectivity index (χ3n) is 2.11. The maximum absolute atomic E-state index is 10.6. The van der Waals surface area contributed by atoms with Crippen LogP contribution in [0, 0.1) is 0 Å². The van der Waals surface area contributed by atoms with Gasteiger partial charge in [0, 0.05) is 381 Å². The van der Waals surface area contributed by atoms with Gasteiger partial charge in [0.1, 0.15) is 0 Å². The molecule has 1 aliphatic rings. The highest BCUT2D eigenvalue weighted by molar-refractivity contribution is 7.13. The Labute approximate surface area is 455 Å². The Morgan fingerprint density at radius 2 is 0.387 bits per heavy atom. The van der Waals surface area contributed by atoms with Crippen molar-refractivity contribution >= 4 is 29.7 Å². The van der Waals surface area contributed by atoms with E-state index in [1.165, 1.54) is 11.3 Å². The van der Waals surface area contributed by atoms with Crippen molar-refractivity contribution < 1.29 is 371 Å². The summed E-state index contributed by atoms with van der Waals surface area (Å²) < 4.78 is 624. The van der Waals surface area contributed by atoms with Crippen molar-refractivity contribution in [2.24, 2.45) is 0 Å². The van der Waals surface area contributed by atoms with Crippen LogP contribution >= 0.6 is 23.7 Å². The van der Waals surface area contributed by atoms with Gasteiger partial charge in [0.05, 0.1) is 5.69 Å². The molecule has 0 bridgehead atoms. The van der Waals surface area contributed by atoms with Gasteiger partial charge in [-0.3, -0.25) is 4.70 Å². The fourth-order valence-electron chi connectivity index (χ4n) is 1.41. The van der Waals surface area contributed by atoms with Gasteiger partial charge < -0.3 is 10.0 Å². The molecule has 2 heterocycles. The van der Waals surface area contributed by atoms with E-state index in [1.807, 2.05) is 7.05 Å². The summed E-state index contributed by atoms with van der Waals surface area (Å²) >= 11 is 1.29. The number of likely N-dealkylation sites (N-methyl/N-ethyl adjacent to an activating group) is 1. The number of fused-ring (bicyclic) bond motifs is 1. The zero-order valence-electron chi connectivity index (χ0n) is 37.6. The highest BCUT2D eigenvalue weighted by atomic mass is 35.5. The van der Waals surface area contributed by atoms with Gasteiger partial charge in [0.2, 0.25) is 5.01 Å². The van der Waals surface area contributed by atoms with Crippen LogP contribution in [-0.2, 0) is 13.0 Å². The molecule has 93 heavy (non-hydrogen) atoms. The second kappa shape index (κ2) is 3230. The first-order valence-corrected chi connectivity index (χ1v) is 10.5. The summed E-state index contributed by atoms with van der Waals surface area (Å²) in [6.07, 6.45) is 0.871. The van der Waals surface area contributed by atoms with Gasteiger partial charge in [-0.05, 0) is 7.05 Å². The van der Waals surface area contributed by atoms with E-state index in [1.54, 1.807) is 0 Å². The lowest BCUT2D eigenvalue weighted by atomic mass is 10.2. The number of hydrogen-bond donors (Lipinski definition) is 1. The van der Waals surface area contributed by atoms with Crippen LogP contribution in [0.1, 0.15) is 20.4 Å². The minimum atomic E-state index is -0.915. The number of carbonyl (C=O) groups is 1. The summed E-state index contributed by atoms with van der Waals surface area (Å²) in [5, 5.41) is 8.96. The zero-order valence-corrected chi connectivity index (χ0v) is 39.2. The third-order valence-corrected chi connectivity index (χ3v) is 3.18. The quantitative estimate of drug-likeness (QED) is 0.285. The Morgan fingerprint density at radius 1 is 0.280 bits per heavy atom. The topological polar surface area (TPSA) is 53.4 Å². The molecule has 85 heteroatoms. The monoisotopic (exact) mass is 1740 g/mol. The average molecular weight is 1740 g/mol. The first kappa shape index (κ1) is 292. The molecule has 632 valence electrons. The molecule has 0 spiro atoms. The van der Waals surface area contributed by atoms with Crippen LogP contribution in [-0.4, -0.2) is 34.6 Å². The number of aromatic carboxylic acids is 1. The van der Waals surface area contributed by atoms with Gasteiger partial charge in [0.15, 0.2) is 0 Å². The zero-order chi connectivity index (χ0) is 87.4. The lowest BCUT2D eigenvalue weighted by Crippen LogP contribution is -2.25. The van der Waals surface area contributed by atoms with E-state index in [2.05, 4.69) is 9.88 Å². The van der Waals surface area contributed by atoms with Gasteiger partial charge in [-0.25, -0.2) is 9.78 Å². The molecule has 0 radical (unpaired) electrons. The van der Waals surface area contributed by atoms with Gasteiger partial charge in [-0.15, -0.1) is 23.7 Å². The SMILES string of the molecule is CN1CCc2nc(C(=O)O)sc2C1.Cl.F.FF.FF.FF.FF.FF.FF.FF.FF.FF.FF.FF.FF.FF.FF.FF.FF.FF.FF.FF.FF.FF.FF.FF.FF.FF.FF.FF.FF.FF.FF.FF.FF.FF.FF.FF.FF.FF.FF.FF. The molecule has 1 N–H and O–H groups in total. The smallest absolute Gasteiger partial charge is 0.365 e. The molecule has 1 aromatic rings. The molecule has 1 aromatic heterocycles. The molecule has 0 saturated heterocycles. The van der Waals surface area contributed by atoms with Crippen LogP contribution in [0.25, 0.3) is 0 Å². The van der Waals surface area contributed by atoms with Crippen molar-refractivity contribution in [2.75, 3.05) is 13.6 Å². The summed E-state index contributed by atoms with van der Waals surface area (Å²) in [6, 6.07) is 0. The predicted molar refractivity (Wildman–Crippen MR) is 145 cm³/mol. The number of carboxylic acids is 1. The summed E-state index contributed by atoms with van der Waals surface area (Å²) in [5.74, 6) is -0.915. The number of rotatable bonds is 1. The number of carboxylic acid groups (broad SMARTS) is 1. The molecule has 0 aromatic carbocycles. The molecule has 2 rings (SSSR count). The number of thiazole rings is 1. The van der Waals surface area contributed by atoms with Crippen LogP contribution in [0.2, 0.25) is 0 Å². The molecular formula is C8H12ClF79N2O2S. The van der Waals surface area contributed by atoms with Crippen LogP contribution in [0.15, 0.2) is 0 Å². The average Bonchev–Trinajstić information content (AvgIpc) is 4.21. The Balaban J connectivity index is -0.00000000842. The molecular weight excluding hydrogens is 1720 g/mol. The van der Waals surface area contributed by atoms with E-state index in [9.17, 15) is 4.79 Å². The summed E-state index contributed by atoms with van der Waals surface area (Å²) in [4.78, 5) is 18.0. The highest BCUT2D eigenvalue weighted by Crippen LogP contribution is 2.24. The first-order chi connectivity index (χ1) is 45.2. The first-order valence-electron chi connectivity index (χ1n) is 9.64. The molecule has 1 aliphatic heterocycles. The second-order valence-corrected chi connectivity index (χ2v) is 4.27. The second-order valence-electron chi connectivity index (χ2n) is 3.18. The molecule has 0 aliphatic carbocycles. The lowest BCUT2D eigenvalue weighted by Gasteiger charge is -2.20. The third kappa shape index (κ3) is 1700. The van der Waals surface area contributed by atoms with Gasteiger partial charge >= 0.3 is 5.97 Å². The number of hydrogen-bond acceptors (Lipinski definition) is 4. The molecule has 0 atom stereocenters. The van der Waals surface area contributed by atoms with Crippen molar-refractivity contribution in [3.63, 3.8) is 0 Å². The van der Waals surface area contributed by atoms with Crippen LogP contribution in [0.3, 0.4) is 0 Å². The van der Waals surface area contributed by atoms with Crippen molar-refractivity contribution in [3.8, 4) is 0 Å². The van der Waals surface area contributed by atoms with E-state index >= 15 is 0 Å². The van der Waals surface area contributed by atoms with Gasteiger partial charge in [0.25, 0.3) is 0 Å². The maximum Gasteiger partial charge on any atom is 0.365 e. The van der Waals surface area contributed by atoms with E-state index in [0.29, 0.717) is 0 Å². The standard InChI is InChI=1S/C8H10N2O2S.ClH.39F2.FH/c1-10-3-2-5-6(4-10)13-7(9-5)8(11)12;;39*1-2;/h2-4H2,1H3,(H,11,12);1H;;;;;;;;;;;;;;;;;;;;;;;;;;;;;;;;;;;;;;;;1H. The van der Waals surface area contributed by atoms with Crippen molar-refractivity contribution in [1.29, 1.82) is 0 Å². The fourth-order valence-corrected chi connectivity index (χ4v) is 2.44. The predicted octanol–water partition coefficient (Wildman–Crippen LogP) is 34.2. The highest BCUT2D eigenvalue weighted by Gasteiger charge is 2.20. The number of halogens is 80. The normalized spacial score (nSPS) is 4.89. The summed E-state index contributed by atoms with van der Waals surface area (Å²) in [5.41, 5.74) is 0.973. The minimum Gasteiger partial charge on any atom is -0.476 e. The Kier molecular flexibility index (Phi) is 10100. The Bertz CT molecular complexity index is 410. The molecule has 4 nitrogen and oxygen atoms in total. The van der Waals surface area contributed by atoms with Crippen LogP contribution in [0.5, 0.6) is 0 Å². The number of nitrogens with zero attached hydrogens (tertiary/aromatic N) is 2. The Morgan fingerprint density at radius 3 is 0.484 bits per heavy atom. The molecule has 0 amide bonds. The van der Waals surface area contributed by atoms with Crippen molar-refractivity contribution in [3.05, 3.63) is 15.6 Å². The number of aromatic nitrogens is 1. The summed E-state index contributed by atoms with van der Waals surface area (Å²) in [6.45, 7) is 1.80. The summed E-state index contributed by atoms with van der Waals surface area (Å²) in [7, 11) is 2.03. The van der Waals surface area contributed by atoms with Crippen molar-refractivity contribution in [2.45, 2.75) is 13.0 Å². The van der Waals surface area contributed by atoms with Gasteiger partial charge in [-0.1, -0.05) is 0 Å². The van der Waals surface area contributed by atoms with Gasteiger partial charge in [-0.2, -0.15) is 0 Å². The molecule has 0 fully saturated rings. The minimum absolute atomic E-state index is 0. The Hall–Kier alpha value is -6.18. The van der Waals surface area contributed by atoms with E-state index in [-0.39, 0.29) is 22.1 Å². The van der Waals surface area contributed by atoms with E-state index in [0.717, 1.165) is 30.1 Å². The lowest BCUT2D eigenvalue weighted by molar-refractivity contribution is 0.0696. The fraction of sp³-hybridized carbons (Fsp3) is 0.500.